The van der Waals surface area contributed by atoms with Crippen LogP contribution in [0.4, 0.5) is 17.3 Å². The van der Waals surface area contributed by atoms with Crippen molar-refractivity contribution in [2.24, 2.45) is 0 Å². The topological polar surface area (TPSA) is 101 Å². The lowest BCUT2D eigenvalue weighted by Crippen LogP contribution is -1.98. The molecule has 0 aliphatic rings. The molecule has 0 aliphatic heterocycles. The van der Waals surface area contributed by atoms with E-state index in [-0.39, 0.29) is 11.6 Å². The molecule has 104 valence electrons. The summed E-state index contributed by atoms with van der Waals surface area (Å²) < 4.78 is 1.46. The highest BCUT2D eigenvalue weighted by molar-refractivity contribution is 7.15. The van der Waals surface area contributed by atoms with Crippen LogP contribution >= 0.6 is 11.3 Å². The fraction of sp³-hybridized carbons (Fsp3) is 0. The number of benzene rings is 1. The number of fused-ring (bicyclic) bond motifs is 2. The highest BCUT2D eigenvalue weighted by Crippen LogP contribution is 2.31. The van der Waals surface area contributed by atoms with Gasteiger partial charge in [0.05, 0.1) is 11.7 Å². The third kappa shape index (κ3) is 1.82. The molecule has 0 spiro atoms. The third-order valence-electron chi connectivity index (χ3n) is 3.11. The molecule has 2 N–H and O–H groups in total. The van der Waals surface area contributed by atoms with Crippen LogP contribution in [0.3, 0.4) is 0 Å². The number of hydrogen-bond donors (Lipinski definition) is 2. The van der Waals surface area contributed by atoms with Crippen LogP contribution in [0.2, 0.25) is 0 Å². The first kappa shape index (κ1) is 11.9. The minimum Gasteiger partial charge on any atom is -0.358 e. The number of rotatable bonds is 3. The van der Waals surface area contributed by atoms with Gasteiger partial charge in [0.2, 0.25) is 5.82 Å². The standard InChI is InChI=1S/C12H8N6O2S/c19-18(20)11-10(15-12-17(11)3-4-21-12)14-8-1-2-9-7(5-8)6-13-16-9/h1-6,14H,(H,13,16). The number of hydrogen-bond acceptors (Lipinski definition) is 6. The van der Waals surface area contributed by atoms with Gasteiger partial charge in [0.15, 0.2) is 0 Å². The maximum atomic E-state index is 11.3. The highest BCUT2D eigenvalue weighted by Gasteiger charge is 2.23. The number of thiazole rings is 1. The maximum absolute atomic E-state index is 11.3. The number of anilines is 2. The van der Waals surface area contributed by atoms with Crippen LogP contribution in [0, 0.1) is 10.1 Å². The van der Waals surface area contributed by atoms with Gasteiger partial charge in [-0.15, -0.1) is 0 Å². The Morgan fingerprint density at radius 2 is 2.33 bits per heavy atom. The lowest BCUT2D eigenvalue weighted by Gasteiger charge is -2.03. The Morgan fingerprint density at radius 3 is 3.19 bits per heavy atom. The lowest BCUT2D eigenvalue weighted by atomic mass is 10.2. The molecule has 0 atom stereocenters. The van der Waals surface area contributed by atoms with E-state index in [4.69, 9.17) is 0 Å². The summed E-state index contributed by atoms with van der Waals surface area (Å²) in [6.07, 6.45) is 3.33. The molecule has 0 aliphatic carbocycles. The van der Waals surface area contributed by atoms with Crippen LogP contribution in [0.5, 0.6) is 0 Å². The third-order valence-corrected chi connectivity index (χ3v) is 3.87. The van der Waals surface area contributed by atoms with Gasteiger partial charge in [0.25, 0.3) is 4.96 Å². The van der Waals surface area contributed by atoms with Crippen molar-refractivity contribution < 1.29 is 4.92 Å². The maximum Gasteiger partial charge on any atom is 0.373 e. The second-order valence-electron chi connectivity index (χ2n) is 4.39. The fourth-order valence-electron chi connectivity index (χ4n) is 2.19. The Kier molecular flexibility index (Phi) is 2.42. The van der Waals surface area contributed by atoms with Gasteiger partial charge in [-0.1, -0.05) is 11.3 Å². The van der Waals surface area contributed by atoms with Crippen molar-refractivity contribution in [1.82, 2.24) is 19.6 Å². The van der Waals surface area contributed by atoms with Crippen LogP contribution < -0.4 is 5.32 Å². The molecular formula is C12H8N6O2S. The summed E-state index contributed by atoms with van der Waals surface area (Å²) in [7, 11) is 0. The number of nitro groups is 1. The normalized spacial score (nSPS) is 11.2. The molecule has 0 radical (unpaired) electrons. The number of nitrogens with one attached hydrogen (secondary N) is 2. The van der Waals surface area contributed by atoms with Crippen molar-refractivity contribution in [1.29, 1.82) is 0 Å². The lowest BCUT2D eigenvalue weighted by molar-refractivity contribution is -0.389. The van der Waals surface area contributed by atoms with Crippen molar-refractivity contribution in [3.63, 3.8) is 0 Å². The minimum atomic E-state index is -0.439. The average Bonchev–Trinajstić information content (AvgIpc) is 3.11. The van der Waals surface area contributed by atoms with Crippen LogP contribution in [-0.4, -0.2) is 24.5 Å². The second kappa shape index (κ2) is 4.28. The number of aromatic nitrogens is 4. The highest BCUT2D eigenvalue weighted by atomic mass is 32.1. The van der Waals surface area contributed by atoms with E-state index in [0.29, 0.717) is 4.96 Å². The molecule has 0 fully saturated rings. The summed E-state index contributed by atoms with van der Waals surface area (Å²) >= 11 is 1.35. The van der Waals surface area contributed by atoms with Gasteiger partial charge in [-0.05, 0) is 23.1 Å². The number of aromatic amines is 1. The molecule has 0 saturated heterocycles. The Morgan fingerprint density at radius 1 is 1.43 bits per heavy atom. The molecule has 3 heterocycles. The zero-order chi connectivity index (χ0) is 14.4. The van der Waals surface area contributed by atoms with Crippen LogP contribution in [0.25, 0.3) is 15.9 Å². The van der Waals surface area contributed by atoms with Crippen LogP contribution in [-0.2, 0) is 0 Å². The fourth-order valence-corrected chi connectivity index (χ4v) is 2.90. The molecule has 4 aromatic rings. The molecule has 8 nitrogen and oxygen atoms in total. The van der Waals surface area contributed by atoms with E-state index in [1.54, 1.807) is 17.8 Å². The zero-order valence-corrected chi connectivity index (χ0v) is 11.3. The molecule has 0 unspecified atom stereocenters. The predicted molar refractivity (Wildman–Crippen MR) is 79.1 cm³/mol. The molecule has 3 aromatic heterocycles. The quantitative estimate of drug-likeness (QED) is 0.447. The Hall–Kier alpha value is -2.94. The van der Waals surface area contributed by atoms with Gasteiger partial charge >= 0.3 is 5.82 Å². The molecular weight excluding hydrogens is 292 g/mol. The van der Waals surface area contributed by atoms with Gasteiger partial charge in [0.1, 0.15) is 6.20 Å². The molecule has 21 heavy (non-hydrogen) atoms. The molecule has 1 aromatic carbocycles. The van der Waals surface area contributed by atoms with Crippen LogP contribution in [0.1, 0.15) is 0 Å². The van der Waals surface area contributed by atoms with E-state index in [0.717, 1.165) is 16.6 Å². The number of imidazole rings is 1. The Bertz CT molecular complexity index is 969. The van der Waals surface area contributed by atoms with E-state index >= 15 is 0 Å². The molecule has 0 bridgehead atoms. The summed E-state index contributed by atoms with van der Waals surface area (Å²) in [5, 5.41) is 23.7. The Labute approximate surface area is 121 Å². The van der Waals surface area contributed by atoms with Gasteiger partial charge in [-0.2, -0.15) is 14.5 Å². The van der Waals surface area contributed by atoms with Crippen molar-refractivity contribution in [3.8, 4) is 0 Å². The van der Waals surface area contributed by atoms with E-state index in [1.165, 1.54) is 15.7 Å². The van der Waals surface area contributed by atoms with Crippen molar-refractivity contribution in [2.75, 3.05) is 5.32 Å². The van der Waals surface area contributed by atoms with E-state index in [1.807, 2.05) is 18.2 Å². The zero-order valence-electron chi connectivity index (χ0n) is 10.5. The number of H-pyrrole nitrogens is 1. The van der Waals surface area contributed by atoms with Gasteiger partial charge < -0.3 is 15.4 Å². The van der Waals surface area contributed by atoms with E-state index < -0.39 is 4.92 Å². The average molecular weight is 300 g/mol. The summed E-state index contributed by atoms with van der Waals surface area (Å²) in [4.78, 5) is 15.7. The summed E-state index contributed by atoms with van der Waals surface area (Å²) in [6.45, 7) is 0. The molecule has 9 heteroatoms. The first-order chi connectivity index (χ1) is 10.2. The summed E-state index contributed by atoms with van der Waals surface area (Å²) in [6, 6.07) is 5.53. The molecule has 4 rings (SSSR count). The Balaban J connectivity index is 1.80. The van der Waals surface area contributed by atoms with Gasteiger partial charge in [-0.25, -0.2) is 0 Å². The van der Waals surface area contributed by atoms with Crippen molar-refractivity contribution >= 4 is 44.5 Å². The second-order valence-corrected chi connectivity index (χ2v) is 5.27. The van der Waals surface area contributed by atoms with Crippen molar-refractivity contribution in [3.05, 3.63) is 46.1 Å². The molecule has 0 amide bonds. The monoisotopic (exact) mass is 300 g/mol. The van der Waals surface area contributed by atoms with Gasteiger partial charge in [0, 0.05) is 16.5 Å². The summed E-state index contributed by atoms with van der Waals surface area (Å²) in [5.41, 5.74) is 1.62. The first-order valence-corrected chi connectivity index (χ1v) is 6.90. The molecule has 0 saturated carbocycles. The minimum absolute atomic E-state index is 0.0708. The smallest absolute Gasteiger partial charge is 0.358 e. The van der Waals surface area contributed by atoms with E-state index in [9.17, 15) is 10.1 Å². The number of nitrogens with zero attached hydrogens (tertiary/aromatic N) is 4. The van der Waals surface area contributed by atoms with Crippen molar-refractivity contribution in [2.45, 2.75) is 0 Å². The largest absolute Gasteiger partial charge is 0.373 e. The first-order valence-electron chi connectivity index (χ1n) is 6.02. The van der Waals surface area contributed by atoms with Gasteiger partial charge in [-0.3, -0.25) is 5.10 Å². The SMILES string of the molecule is O=[N+]([O-])c1c(Nc2ccc3[nH]ncc3c2)nc2sccn12. The predicted octanol–water partition coefficient (Wildman–Crippen LogP) is 2.92. The van der Waals surface area contributed by atoms with Crippen LogP contribution in [0.15, 0.2) is 36.0 Å². The summed E-state index contributed by atoms with van der Waals surface area (Å²) in [5.74, 6) is 0.160. The van der Waals surface area contributed by atoms with E-state index in [2.05, 4.69) is 20.5 Å².